The zero-order valence-electron chi connectivity index (χ0n) is 11.2. The van der Waals surface area contributed by atoms with E-state index in [1.54, 1.807) is 0 Å². The molecule has 1 fully saturated rings. The number of hydrogen-bond acceptors (Lipinski definition) is 4. The number of halogens is 1. The zero-order valence-corrected chi connectivity index (χ0v) is 14.1. The molecule has 0 aliphatic carbocycles. The fourth-order valence-corrected chi connectivity index (χ4v) is 4.99. The molecule has 1 saturated heterocycles. The van der Waals surface area contributed by atoms with Crippen LogP contribution in [-0.4, -0.2) is 29.9 Å². The number of H-pyrrole nitrogens is 1. The van der Waals surface area contributed by atoms with Crippen molar-refractivity contribution >= 4 is 32.4 Å². The Kier molecular flexibility index (Phi) is 3.81. The van der Waals surface area contributed by atoms with Crippen molar-refractivity contribution in [3.8, 4) is 0 Å². The van der Waals surface area contributed by atoms with Gasteiger partial charge in [0.15, 0.2) is 9.84 Å². The lowest BCUT2D eigenvalue weighted by atomic mass is 9.91. The van der Waals surface area contributed by atoms with Gasteiger partial charge in [0, 0.05) is 11.3 Å². The van der Waals surface area contributed by atoms with E-state index in [1.807, 2.05) is 43.4 Å². The van der Waals surface area contributed by atoms with Crippen LogP contribution in [0.25, 0.3) is 0 Å². The van der Waals surface area contributed by atoms with Crippen LogP contribution in [0.4, 0.5) is 0 Å². The van der Waals surface area contributed by atoms with Gasteiger partial charge in [0.2, 0.25) is 0 Å². The number of nitrogens with one attached hydrogen (secondary N) is 1. The Morgan fingerprint density at radius 3 is 2.47 bits per heavy atom. The smallest absolute Gasteiger partial charge is 0.264 e. The second kappa shape index (κ2) is 4.83. The number of aromatic amines is 1. The largest absolute Gasteiger partial charge is 0.309 e. The van der Waals surface area contributed by atoms with Crippen molar-refractivity contribution in [1.82, 2.24) is 9.97 Å². The predicted molar refractivity (Wildman–Crippen MR) is 82.3 cm³/mol. The van der Waals surface area contributed by atoms with Gasteiger partial charge in [-0.05, 0) is 29.0 Å². The summed E-state index contributed by atoms with van der Waals surface area (Å²) in [4.78, 5) is 19.2. The summed E-state index contributed by atoms with van der Waals surface area (Å²) in [6, 6.07) is 0. The number of rotatable bonds is 1. The lowest BCUT2D eigenvalue weighted by molar-refractivity contribution is 0.549. The first kappa shape index (κ1) is 15.0. The van der Waals surface area contributed by atoms with E-state index in [9.17, 15) is 13.2 Å². The molecule has 0 bridgehead atoms. The molecular weight excluding hydrogens is 379 g/mol. The molecule has 7 heteroatoms. The van der Waals surface area contributed by atoms with Crippen molar-refractivity contribution in [2.75, 3.05) is 11.5 Å². The first-order valence-electron chi connectivity index (χ1n) is 6.11. The van der Waals surface area contributed by atoms with E-state index in [-0.39, 0.29) is 28.4 Å². The summed E-state index contributed by atoms with van der Waals surface area (Å²) < 4.78 is 23.6. The molecule has 2 rings (SSSR count). The fourth-order valence-electron chi connectivity index (χ4n) is 2.18. The first-order valence-corrected chi connectivity index (χ1v) is 9.01. The van der Waals surface area contributed by atoms with Crippen LogP contribution in [0.3, 0.4) is 0 Å². The van der Waals surface area contributed by atoms with E-state index < -0.39 is 9.84 Å². The molecule has 1 unspecified atom stereocenters. The summed E-state index contributed by atoms with van der Waals surface area (Å²) in [7, 11) is -2.98. The molecule has 1 aliphatic heterocycles. The standard InChI is InChI=1S/C12H17IN2O3S/c1-12(2,3)9-8(13)11(16)15-10(14-9)7-4-5-19(17,18)6-7/h7H,4-6H2,1-3H3,(H,14,15,16). The van der Waals surface area contributed by atoms with Crippen LogP contribution in [0.1, 0.15) is 44.6 Å². The highest BCUT2D eigenvalue weighted by Gasteiger charge is 2.32. The van der Waals surface area contributed by atoms with Crippen molar-refractivity contribution in [1.29, 1.82) is 0 Å². The van der Waals surface area contributed by atoms with Gasteiger partial charge >= 0.3 is 0 Å². The fraction of sp³-hybridized carbons (Fsp3) is 0.667. The Bertz CT molecular complexity index is 659. The molecule has 0 aromatic carbocycles. The molecule has 1 N–H and O–H groups in total. The number of nitrogens with zero attached hydrogens (tertiary/aromatic N) is 1. The maximum Gasteiger partial charge on any atom is 0.264 e. The van der Waals surface area contributed by atoms with Gasteiger partial charge < -0.3 is 4.98 Å². The Balaban J connectivity index is 2.50. The number of aromatic nitrogens is 2. The first-order chi connectivity index (χ1) is 8.60. The summed E-state index contributed by atoms with van der Waals surface area (Å²) >= 11 is 1.99. The van der Waals surface area contributed by atoms with Crippen molar-refractivity contribution in [3.05, 3.63) is 25.4 Å². The second-order valence-electron chi connectivity index (χ2n) is 5.96. The van der Waals surface area contributed by atoms with Crippen LogP contribution in [0.5, 0.6) is 0 Å². The SMILES string of the molecule is CC(C)(C)c1nc(C2CCS(=O)(=O)C2)[nH]c(=O)c1I. The van der Waals surface area contributed by atoms with Gasteiger partial charge in [-0.1, -0.05) is 20.8 Å². The topological polar surface area (TPSA) is 79.9 Å². The third-order valence-electron chi connectivity index (χ3n) is 3.21. The maximum atomic E-state index is 12.0. The van der Waals surface area contributed by atoms with E-state index >= 15 is 0 Å². The summed E-state index contributed by atoms with van der Waals surface area (Å²) in [5.74, 6) is 0.588. The van der Waals surface area contributed by atoms with E-state index in [1.165, 1.54) is 0 Å². The molecule has 1 aromatic rings. The predicted octanol–water partition coefficient (Wildman–Crippen LogP) is 1.57. The third kappa shape index (κ3) is 3.18. The number of hydrogen-bond donors (Lipinski definition) is 1. The van der Waals surface area contributed by atoms with Crippen LogP contribution >= 0.6 is 22.6 Å². The molecule has 1 aromatic heterocycles. The highest BCUT2D eigenvalue weighted by molar-refractivity contribution is 14.1. The monoisotopic (exact) mass is 396 g/mol. The van der Waals surface area contributed by atoms with Gasteiger partial charge in [0.05, 0.1) is 17.2 Å². The van der Waals surface area contributed by atoms with Gasteiger partial charge in [-0.15, -0.1) is 0 Å². The third-order valence-corrected chi connectivity index (χ3v) is 5.98. The van der Waals surface area contributed by atoms with E-state index in [4.69, 9.17) is 0 Å². The zero-order chi connectivity index (χ0) is 14.4. The van der Waals surface area contributed by atoms with Crippen LogP contribution < -0.4 is 5.56 Å². The van der Waals surface area contributed by atoms with Crippen molar-refractivity contribution < 1.29 is 8.42 Å². The lowest BCUT2D eigenvalue weighted by Gasteiger charge is -2.20. The molecule has 1 atom stereocenters. The highest BCUT2D eigenvalue weighted by Crippen LogP contribution is 2.29. The minimum absolute atomic E-state index is 0.0834. The Hall–Kier alpha value is -0.440. The summed E-state index contributed by atoms with van der Waals surface area (Å²) in [5.41, 5.74) is 0.313. The quantitative estimate of drug-likeness (QED) is 0.731. The van der Waals surface area contributed by atoms with Crippen LogP contribution in [0, 0.1) is 3.57 Å². The van der Waals surface area contributed by atoms with Crippen LogP contribution in [0.15, 0.2) is 4.79 Å². The average molecular weight is 396 g/mol. The summed E-state index contributed by atoms with van der Waals surface area (Å²) in [6.45, 7) is 5.98. The van der Waals surface area contributed by atoms with Crippen molar-refractivity contribution in [2.45, 2.75) is 38.5 Å². The van der Waals surface area contributed by atoms with E-state index in [0.29, 0.717) is 15.8 Å². The molecule has 0 spiro atoms. The normalized spacial score (nSPS) is 22.6. The molecule has 1 aliphatic rings. The van der Waals surface area contributed by atoms with Crippen molar-refractivity contribution in [2.24, 2.45) is 0 Å². The molecule has 0 amide bonds. The Morgan fingerprint density at radius 2 is 2.00 bits per heavy atom. The lowest BCUT2D eigenvalue weighted by Crippen LogP contribution is -2.26. The van der Waals surface area contributed by atoms with Gasteiger partial charge in [0.25, 0.3) is 5.56 Å². The molecule has 0 saturated carbocycles. The summed E-state index contributed by atoms with van der Waals surface area (Å²) in [5, 5.41) is 0. The molecule has 0 radical (unpaired) electrons. The van der Waals surface area contributed by atoms with Gasteiger partial charge in [-0.3, -0.25) is 4.79 Å². The van der Waals surface area contributed by atoms with Crippen LogP contribution in [0.2, 0.25) is 0 Å². The maximum absolute atomic E-state index is 12.0. The number of sulfone groups is 1. The molecule has 106 valence electrons. The molecular formula is C12H17IN2O3S. The minimum Gasteiger partial charge on any atom is -0.309 e. The van der Waals surface area contributed by atoms with Gasteiger partial charge in [0.1, 0.15) is 9.39 Å². The minimum atomic E-state index is -2.98. The molecule has 2 heterocycles. The Labute approximate surface area is 126 Å². The van der Waals surface area contributed by atoms with Gasteiger partial charge in [-0.2, -0.15) is 0 Å². The second-order valence-corrected chi connectivity index (χ2v) is 9.27. The highest BCUT2D eigenvalue weighted by atomic mass is 127. The molecule has 19 heavy (non-hydrogen) atoms. The summed E-state index contributed by atoms with van der Waals surface area (Å²) in [6.07, 6.45) is 0.537. The van der Waals surface area contributed by atoms with E-state index in [0.717, 1.165) is 5.69 Å². The van der Waals surface area contributed by atoms with E-state index in [2.05, 4.69) is 9.97 Å². The Morgan fingerprint density at radius 1 is 1.37 bits per heavy atom. The molecule has 5 nitrogen and oxygen atoms in total. The average Bonchev–Trinajstić information content (AvgIpc) is 2.61. The van der Waals surface area contributed by atoms with Crippen molar-refractivity contribution in [3.63, 3.8) is 0 Å². The van der Waals surface area contributed by atoms with Crippen LogP contribution in [-0.2, 0) is 15.3 Å². The van der Waals surface area contributed by atoms with Gasteiger partial charge in [-0.25, -0.2) is 13.4 Å².